The number of aryl methyl sites for hydroxylation is 1. The van der Waals surface area contributed by atoms with Gasteiger partial charge in [-0.2, -0.15) is 8.42 Å². The minimum absolute atomic E-state index is 0.0728. The first-order valence-electron chi connectivity index (χ1n) is 6.10. The average molecular weight is 323 g/mol. The van der Waals surface area contributed by atoms with Crippen molar-refractivity contribution in [3.63, 3.8) is 0 Å². The van der Waals surface area contributed by atoms with Crippen LogP contribution in [0.3, 0.4) is 0 Å². The molecule has 0 saturated heterocycles. The summed E-state index contributed by atoms with van der Waals surface area (Å²) in [4.78, 5) is 8.91. The zero-order chi connectivity index (χ0) is 15.0. The van der Waals surface area contributed by atoms with Crippen LogP contribution in [-0.2, 0) is 10.0 Å². The van der Waals surface area contributed by atoms with Crippen LogP contribution in [0.15, 0.2) is 34.9 Å². The third-order valence-electron chi connectivity index (χ3n) is 2.86. The Morgan fingerprint density at radius 3 is 2.81 bits per heavy atom. The first-order chi connectivity index (χ1) is 10.0. The quantitative estimate of drug-likeness (QED) is 0.766. The number of nitrogens with one attached hydrogen (secondary N) is 2. The first-order valence-corrected chi connectivity index (χ1v) is 8.46. The highest BCUT2D eigenvalue weighted by Gasteiger charge is 2.25. The van der Waals surface area contributed by atoms with Crippen molar-refractivity contribution in [3.8, 4) is 0 Å². The van der Waals surface area contributed by atoms with Crippen molar-refractivity contribution in [2.24, 2.45) is 0 Å². The molecule has 0 atom stereocenters. The molecule has 3 aromatic rings. The fourth-order valence-corrected chi connectivity index (χ4v) is 3.97. The molecular weight excluding hydrogens is 310 g/mol. The third kappa shape index (κ3) is 2.45. The summed E-state index contributed by atoms with van der Waals surface area (Å²) in [6.07, 6.45) is 3.28. The van der Waals surface area contributed by atoms with Crippen molar-refractivity contribution < 1.29 is 8.42 Å². The molecule has 0 fully saturated rings. The third-order valence-corrected chi connectivity index (χ3v) is 4.99. The van der Waals surface area contributed by atoms with E-state index in [0.29, 0.717) is 10.8 Å². The lowest BCUT2D eigenvalue weighted by molar-refractivity contribution is 0.597. The summed E-state index contributed by atoms with van der Waals surface area (Å²) in [6.45, 7) is 1.89. The van der Waals surface area contributed by atoms with Gasteiger partial charge in [0.15, 0.2) is 10.8 Å². The van der Waals surface area contributed by atoms with Gasteiger partial charge in [0.1, 0.15) is 5.82 Å². The van der Waals surface area contributed by atoms with Crippen LogP contribution < -0.4 is 10.0 Å². The van der Waals surface area contributed by atoms with E-state index in [4.69, 9.17) is 0 Å². The van der Waals surface area contributed by atoms with E-state index in [9.17, 15) is 8.42 Å². The van der Waals surface area contributed by atoms with Crippen LogP contribution in [0, 0.1) is 6.92 Å². The van der Waals surface area contributed by atoms with E-state index in [1.807, 2.05) is 6.92 Å². The number of hydrogen-bond donors (Lipinski definition) is 2. The molecule has 3 aromatic heterocycles. The maximum atomic E-state index is 12.6. The Kier molecular flexibility index (Phi) is 3.30. The van der Waals surface area contributed by atoms with Crippen molar-refractivity contribution >= 4 is 38.0 Å². The average Bonchev–Trinajstić information content (AvgIpc) is 3.00. The molecule has 21 heavy (non-hydrogen) atoms. The van der Waals surface area contributed by atoms with Gasteiger partial charge in [-0.1, -0.05) is 6.07 Å². The van der Waals surface area contributed by atoms with E-state index in [2.05, 4.69) is 20.0 Å². The Bertz CT molecular complexity index is 880. The number of nitrogens with zero attached hydrogens (tertiary/aromatic N) is 3. The number of pyridine rings is 1. The molecule has 0 radical (unpaired) electrons. The number of thiazole rings is 1. The predicted molar refractivity (Wildman–Crippen MR) is 82.4 cm³/mol. The van der Waals surface area contributed by atoms with Crippen molar-refractivity contribution in [2.45, 2.75) is 11.9 Å². The molecule has 0 aliphatic carbocycles. The van der Waals surface area contributed by atoms with Crippen molar-refractivity contribution in [1.82, 2.24) is 14.4 Å². The summed E-state index contributed by atoms with van der Waals surface area (Å²) in [6, 6.07) is 3.41. The molecule has 0 aliphatic heterocycles. The Hall–Kier alpha value is -2.13. The summed E-state index contributed by atoms with van der Waals surface area (Å²) in [5.41, 5.74) is 0.957. The molecule has 0 unspecified atom stereocenters. The minimum Gasteiger partial charge on any atom is -0.371 e. The summed E-state index contributed by atoms with van der Waals surface area (Å²) in [7, 11) is -2.16. The van der Waals surface area contributed by atoms with Crippen LogP contribution in [0.5, 0.6) is 0 Å². The standard InChI is InChI=1S/C12H13N5O2S2/c1-8-3-4-9(14-7-8)16-21(18,19)11-10(13-2)15-12-17(11)5-6-20-12/h3-7,13H,1-2H3,(H,14,16). The maximum absolute atomic E-state index is 12.6. The number of rotatable bonds is 4. The monoisotopic (exact) mass is 323 g/mol. The van der Waals surface area contributed by atoms with Gasteiger partial charge in [0.2, 0.25) is 5.03 Å². The lowest BCUT2D eigenvalue weighted by Crippen LogP contribution is -2.17. The second-order valence-electron chi connectivity index (χ2n) is 4.40. The van der Waals surface area contributed by atoms with Gasteiger partial charge in [-0.25, -0.2) is 9.97 Å². The predicted octanol–water partition coefficient (Wildman–Crippen LogP) is 1.94. The van der Waals surface area contributed by atoms with Gasteiger partial charge in [-0.3, -0.25) is 9.12 Å². The molecule has 2 N–H and O–H groups in total. The van der Waals surface area contributed by atoms with E-state index < -0.39 is 10.0 Å². The van der Waals surface area contributed by atoms with Crippen molar-refractivity contribution in [3.05, 3.63) is 35.5 Å². The summed E-state index contributed by atoms with van der Waals surface area (Å²) in [5.74, 6) is 0.578. The van der Waals surface area contributed by atoms with Crippen molar-refractivity contribution in [1.29, 1.82) is 0 Å². The maximum Gasteiger partial charge on any atom is 0.282 e. The molecular formula is C12H13N5O2S2. The number of hydrogen-bond acceptors (Lipinski definition) is 6. The fourth-order valence-electron chi connectivity index (χ4n) is 1.90. The Morgan fingerprint density at radius 1 is 1.33 bits per heavy atom. The topological polar surface area (TPSA) is 88.4 Å². The molecule has 0 aromatic carbocycles. The summed E-state index contributed by atoms with van der Waals surface area (Å²) >= 11 is 1.37. The Morgan fingerprint density at radius 2 is 2.14 bits per heavy atom. The van der Waals surface area contributed by atoms with Gasteiger partial charge in [-0.05, 0) is 18.6 Å². The van der Waals surface area contributed by atoms with Crippen LogP contribution in [0.2, 0.25) is 0 Å². The van der Waals surface area contributed by atoms with E-state index in [-0.39, 0.29) is 10.8 Å². The SMILES string of the molecule is CNc1nc2sccn2c1S(=O)(=O)Nc1ccc(C)cn1. The molecule has 9 heteroatoms. The first kappa shape index (κ1) is 13.8. The van der Waals surface area contributed by atoms with E-state index in [1.54, 1.807) is 37.0 Å². The number of sulfonamides is 1. The van der Waals surface area contributed by atoms with Crippen LogP contribution >= 0.6 is 11.3 Å². The fraction of sp³-hybridized carbons (Fsp3) is 0.167. The zero-order valence-electron chi connectivity index (χ0n) is 11.4. The molecule has 110 valence electrons. The van der Waals surface area contributed by atoms with E-state index >= 15 is 0 Å². The second kappa shape index (κ2) is 5.01. The smallest absolute Gasteiger partial charge is 0.282 e. The lowest BCUT2D eigenvalue weighted by Gasteiger charge is -2.08. The highest BCUT2D eigenvalue weighted by Crippen LogP contribution is 2.26. The molecule has 3 rings (SSSR count). The van der Waals surface area contributed by atoms with Gasteiger partial charge >= 0.3 is 0 Å². The van der Waals surface area contributed by atoms with Crippen LogP contribution in [0.1, 0.15) is 5.56 Å². The van der Waals surface area contributed by atoms with E-state index in [1.165, 1.54) is 15.7 Å². The van der Waals surface area contributed by atoms with Gasteiger partial charge in [0.05, 0.1) is 0 Å². The minimum atomic E-state index is -3.79. The second-order valence-corrected chi connectivity index (χ2v) is 6.87. The van der Waals surface area contributed by atoms with Crippen LogP contribution in [0.25, 0.3) is 4.96 Å². The Balaban J connectivity index is 2.07. The highest BCUT2D eigenvalue weighted by molar-refractivity contribution is 7.92. The van der Waals surface area contributed by atoms with Gasteiger partial charge in [0, 0.05) is 24.8 Å². The number of fused-ring (bicyclic) bond motifs is 1. The Labute approximate surface area is 125 Å². The molecule has 0 bridgehead atoms. The normalized spacial score (nSPS) is 11.7. The molecule has 0 amide bonds. The molecule has 0 spiro atoms. The lowest BCUT2D eigenvalue weighted by atomic mass is 10.3. The molecule has 3 heterocycles. The van der Waals surface area contributed by atoms with Gasteiger partial charge in [0.25, 0.3) is 10.0 Å². The van der Waals surface area contributed by atoms with Gasteiger partial charge < -0.3 is 5.32 Å². The largest absolute Gasteiger partial charge is 0.371 e. The van der Waals surface area contributed by atoms with Gasteiger partial charge in [-0.15, -0.1) is 11.3 Å². The number of aromatic nitrogens is 3. The summed E-state index contributed by atoms with van der Waals surface area (Å²) in [5, 5.41) is 4.66. The summed E-state index contributed by atoms with van der Waals surface area (Å²) < 4.78 is 29.2. The van der Waals surface area contributed by atoms with Crippen LogP contribution in [0.4, 0.5) is 11.6 Å². The zero-order valence-corrected chi connectivity index (χ0v) is 13.0. The van der Waals surface area contributed by atoms with E-state index in [0.717, 1.165) is 5.56 Å². The number of anilines is 2. The number of imidazole rings is 1. The molecule has 7 nitrogen and oxygen atoms in total. The van der Waals surface area contributed by atoms with Crippen molar-refractivity contribution in [2.75, 3.05) is 17.1 Å². The molecule has 0 saturated carbocycles. The van der Waals surface area contributed by atoms with Crippen LogP contribution in [-0.4, -0.2) is 29.8 Å². The molecule has 0 aliphatic rings. The highest BCUT2D eigenvalue weighted by atomic mass is 32.2.